The molecule has 0 aliphatic heterocycles. The number of carbonyl (C=O) groups excluding carboxylic acids is 1. The van der Waals surface area contributed by atoms with Gasteiger partial charge in [0.2, 0.25) is 0 Å². The molecule has 0 fully saturated rings. The largest absolute Gasteiger partial charge is 0.476 e. The summed E-state index contributed by atoms with van der Waals surface area (Å²) in [5.41, 5.74) is -0.180. The summed E-state index contributed by atoms with van der Waals surface area (Å²) in [6.07, 6.45) is -0.286. The van der Waals surface area contributed by atoms with Crippen molar-refractivity contribution in [1.82, 2.24) is 4.98 Å². The number of rotatable bonds is 5. The topological polar surface area (TPSA) is 76.5 Å². The summed E-state index contributed by atoms with van der Waals surface area (Å²) in [6, 6.07) is 0. The summed E-state index contributed by atoms with van der Waals surface area (Å²) in [6.45, 7) is 5.23. The van der Waals surface area contributed by atoms with Gasteiger partial charge in [-0.15, -0.1) is 11.3 Å². The predicted octanol–water partition coefficient (Wildman–Crippen LogP) is 2.39. The van der Waals surface area contributed by atoms with Crippen LogP contribution in [0.25, 0.3) is 0 Å². The SMILES string of the molecule is COC(c1nc(C(=O)O)c(C(C)=O)s1)C(C)C. The first-order valence-electron chi connectivity index (χ1n) is 5.16. The number of carbonyl (C=O) groups is 2. The third kappa shape index (κ3) is 2.89. The van der Waals surface area contributed by atoms with E-state index in [4.69, 9.17) is 9.84 Å². The van der Waals surface area contributed by atoms with Crippen molar-refractivity contribution in [3.05, 3.63) is 15.6 Å². The van der Waals surface area contributed by atoms with Crippen molar-refractivity contribution in [2.24, 2.45) is 5.92 Å². The van der Waals surface area contributed by atoms with Gasteiger partial charge in [0.1, 0.15) is 16.0 Å². The number of methoxy groups -OCH3 is 1. The van der Waals surface area contributed by atoms with E-state index in [-0.39, 0.29) is 28.4 Å². The fourth-order valence-corrected chi connectivity index (χ4v) is 2.70. The Morgan fingerprint density at radius 3 is 2.29 bits per heavy atom. The van der Waals surface area contributed by atoms with Crippen LogP contribution >= 0.6 is 11.3 Å². The molecule has 1 aromatic heterocycles. The summed E-state index contributed by atoms with van der Waals surface area (Å²) >= 11 is 1.09. The van der Waals surface area contributed by atoms with E-state index < -0.39 is 5.97 Å². The van der Waals surface area contributed by atoms with Gasteiger partial charge in [0.25, 0.3) is 0 Å². The van der Waals surface area contributed by atoms with Crippen molar-refractivity contribution in [3.8, 4) is 0 Å². The van der Waals surface area contributed by atoms with Crippen LogP contribution in [-0.2, 0) is 4.74 Å². The number of nitrogens with zero attached hydrogens (tertiary/aromatic N) is 1. The lowest BCUT2D eigenvalue weighted by Gasteiger charge is -2.15. The third-order valence-corrected chi connectivity index (χ3v) is 3.49. The van der Waals surface area contributed by atoms with Crippen LogP contribution in [0.5, 0.6) is 0 Å². The normalized spacial score (nSPS) is 12.8. The maximum Gasteiger partial charge on any atom is 0.356 e. The lowest BCUT2D eigenvalue weighted by atomic mass is 10.1. The molecule has 17 heavy (non-hydrogen) atoms. The molecule has 0 aliphatic carbocycles. The summed E-state index contributed by atoms with van der Waals surface area (Å²) in [4.78, 5) is 26.5. The molecule has 1 N–H and O–H groups in total. The first-order valence-corrected chi connectivity index (χ1v) is 5.97. The zero-order chi connectivity index (χ0) is 13.2. The van der Waals surface area contributed by atoms with Crippen molar-refractivity contribution in [2.75, 3.05) is 7.11 Å². The van der Waals surface area contributed by atoms with Crippen molar-refractivity contribution < 1.29 is 19.4 Å². The first-order chi connectivity index (χ1) is 7.88. The zero-order valence-corrected chi connectivity index (χ0v) is 11.0. The fourth-order valence-electron chi connectivity index (χ4n) is 1.50. The smallest absolute Gasteiger partial charge is 0.356 e. The zero-order valence-electron chi connectivity index (χ0n) is 10.2. The van der Waals surface area contributed by atoms with Crippen molar-refractivity contribution in [2.45, 2.75) is 26.9 Å². The average molecular weight is 257 g/mol. The Morgan fingerprint density at radius 2 is 2.00 bits per heavy atom. The van der Waals surface area contributed by atoms with E-state index >= 15 is 0 Å². The molecule has 0 spiro atoms. The monoisotopic (exact) mass is 257 g/mol. The molecule has 0 saturated carbocycles. The van der Waals surface area contributed by atoms with Gasteiger partial charge >= 0.3 is 5.97 Å². The number of ketones is 1. The Hall–Kier alpha value is -1.27. The summed E-state index contributed by atoms with van der Waals surface area (Å²) in [5, 5.41) is 9.50. The minimum absolute atomic E-state index is 0.160. The summed E-state index contributed by atoms with van der Waals surface area (Å²) in [7, 11) is 1.54. The molecule has 1 heterocycles. The first kappa shape index (κ1) is 13.8. The lowest BCUT2D eigenvalue weighted by Crippen LogP contribution is -2.09. The van der Waals surface area contributed by atoms with Gasteiger partial charge in [-0.1, -0.05) is 13.8 Å². The maximum atomic E-state index is 11.3. The Balaban J connectivity index is 3.24. The lowest BCUT2D eigenvalue weighted by molar-refractivity contribution is 0.0629. The van der Waals surface area contributed by atoms with Crippen molar-refractivity contribution in [1.29, 1.82) is 0 Å². The van der Waals surface area contributed by atoms with Gasteiger partial charge in [0, 0.05) is 14.0 Å². The summed E-state index contributed by atoms with van der Waals surface area (Å²) in [5.74, 6) is -1.31. The van der Waals surface area contributed by atoms with Gasteiger partial charge < -0.3 is 9.84 Å². The van der Waals surface area contributed by atoms with Gasteiger partial charge in [-0.25, -0.2) is 9.78 Å². The molecule has 5 nitrogen and oxygen atoms in total. The van der Waals surface area contributed by atoms with E-state index in [2.05, 4.69) is 4.98 Å². The molecule has 94 valence electrons. The summed E-state index contributed by atoms with van der Waals surface area (Å²) < 4.78 is 5.27. The van der Waals surface area contributed by atoms with Crippen molar-refractivity contribution >= 4 is 23.1 Å². The predicted molar refractivity (Wildman–Crippen MR) is 63.7 cm³/mol. The van der Waals surface area contributed by atoms with Crippen LogP contribution in [0.3, 0.4) is 0 Å². The Morgan fingerprint density at radius 1 is 1.41 bits per heavy atom. The van der Waals surface area contributed by atoms with E-state index in [0.717, 1.165) is 11.3 Å². The number of thiazole rings is 1. The molecule has 6 heteroatoms. The molecule has 0 bridgehead atoms. The molecule has 1 aromatic rings. The molecular formula is C11H15NO4S. The highest BCUT2D eigenvalue weighted by molar-refractivity contribution is 7.14. The van der Waals surface area contributed by atoms with E-state index in [1.54, 1.807) is 7.11 Å². The highest BCUT2D eigenvalue weighted by atomic mass is 32.1. The van der Waals surface area contributed by atoms with Gasteiger partial charge in [0.15, 0.2) is 11.5 Å². The number of Topliss-reactive ketones (excluding diaryl/α,β-unsaturated/α-hetero) is 1. The van der Waals surface area contributed by atoms with Crippen LogP contribution in [0.15, 0.2) is 0 Å². The second kappa shape index (κ2) is 5.37. The molecule has 0 amide bonds. The number of ether oxygens (including phenoxy) is 1. The average Bonchev–Trinajstić information content (AvgIpc) is 2.63. The number of aromatic nitrogens is 1. The molecule has 0 saturated heterocycles. The molecule has 0 aromatic carbocycles. The van der Waals surface area contributed by atoms with E-state index in [0.29, 0.717) is 5.01 Å². The van der Waals surface area contributed by atoms with E-state index in [9.17, 15) is 9.59 Å². The van der Waals surface area contributed by atoms with Crippen LogP contribution < -0.4 is 0 Å². The minimum Gasteiger partial charge on any atom is -0.476 e. The molecule has 0 aliphatic rings. The fraction of sp³-hybridized carbons (Fsp3) is 0.545. The number of hydrogen-bond acceptors (Lipinski definition) is 5. The highest BCUT2D eigenvalue weighted by Crippen LogP contribution is 2.31. The number of aromatic carboxylic acids is 1. The quantitative estimate of drug-likeness (QED) is 0.819. The van der Waals surface area contributed by atoms with Crippen LogP contribution in [0.2, 0.25) is 0 Å². The third-order valence-electron chi connectivity index (χ3n) is 2.27. The Labute approximate surface area is 103 Å². The highest BCUT2D eigenvalue weighted by Gasteiger charge is 2.26. The van der Waals surface area contributed by atoms with Gasteiger partial charge in [-0.3, -0.25) is 4.79 Å². The Bertz CT molecular complexity index is 407. The van der Waals surface area contributed by atoms with Crippen LogP contribution in [0.4, 0.5) is 0 Å². The molecular weight excluding hydrogens is 242 g/mol. The minimum atomic E-state index is -1.18. The number of hydrogen-bond donors (Lipinski definition) is 1. The van der Waals surface area contributed by atoms with Crippen molar-refractivity contribution in [3.63, 3.8) is 0 Å². The van der Waals surface area contributed by atoms with Crippen LogP contribution in [-0.4, -0.2) is 29.0 Å². The second-order valence-corrected chi connectivity index (χ2v) is 5.02. The molecule has 0 radical (unpaired) electrons. The molecule has 1 unspecified atom stereocenters. The van der Waals surface area contributed by atoms with Crippen LogP contribution in [0, 0.1) is 5.92 Å². The Kier molecular flexibility index (Phi) is 4.36. The second-order valence-electron chi connectivity index (χ2n) is 3.99. The van der Waals surface area contributed by atoms with Gasteiger partial charge in [-0.2, -0.15) is 0 Å². The standard InChI is InChI=1S/C11H15NO4S/c1-5(2)8(16-4)10-12-7(11(14)15)9(17-10)6(3)13/h5,8H,1-4H3,(H,14,15). The number of carboxylic acid groups (broad SMARTS) is 1. The van der Waals surface area contributed by atoms with E-state index in [1.165, 1.54) is 6.92 Å². The van der Waals surface area contributed by atoms with E-state index in [1.807, 2.05) is 13.8 Å². The molecule has 1 atom stereocenters. The number of carboxylic acids is 1. The van der Waals surface area contributed by atoms with Gasteiger partial charge in [-0.05, 0) is 5.92 Å². The van der Waals surface area contributed by atoms with Crippen LogP contribution in [0.1, 0.15) is 52.0 Å². The molecule has 1 rings (SSSR count). The van der Waals surface area contributed by atoms with Gasteiger partial charge in [0.05, 0.1) is 0 Å². The maximum absolute atomic E-state index is 11.3.